The predicted octanol–water partition coefficient (Wildman–Crippen LogP) is 3.82. The molecule has 0 fully saturated rings. The molecule has 28 heavy (non-hydrogen) atoms. The fraction of sp³-hybridized carbons (Fsp3) is 0.478. The molecule has 0 aliphatic carbocycles. The van der Waals surface area contributed by atoms with Crippen molar-refractivity contribution in [2.75, 3.05) is 46.2 Å². The minimum Gasteiger partial charge on any atom is -0.491 e. The second kappa shape index (κ2) is 11.7. The second-order valence-corrected chi connectivity index (χ2v) is 6.90. The average Bonchev–Trinajstić information content (AvgIpc) is 2.72. The van der Waals surface area contributed by atoms with E-state index in [4.69, 9.17) is 24.1 Å². The molecule has 2 aromatic rings. The van der Waals surface area contributed by atoms with Crippen molar-refractivity contribution in [3.05, 3.63) is 59.7 Å². The van der Waals surface area contributed by atoms with Crippen LogP contribution in [0.15, 0.2) is 48.5 Å². The van der Waals surface area contributed by atoms with Gasteiger partial charge in [0.15, 0.2) is 0 Å². The maximum absolute atomic E-state index is 8.68. The molecule has 2 aromatic carbocycles. The summed E-state index contributed by atoms with van der Waals surface area (Å²) in [5, 5.41) is 8.68. The lowest BCUT2D eigenvalue weighted by Crippen LogP contribution is -2.18. The largest absolute Gasteiger partial charge is 0.491 e. The molecular weight excluding hydrogens is 356 g/mol. The van der Waals surface area contributed by atoms with Crippen LogP contribution in [-0.4, -0.2) is 51.4 Å². The zero-order chi connectivity index (χ0) is 20.2. The third kappa shape index (κ3) is 6.82. The molecule has 0 unspecified atom stereocenters. The topological polar surface area (TPSA) is 57.2 Å². The first kappa shape index (κ1) is 22.2. The van der Waals surface area contributed by atoms with Gasteiger partial charge in [0.25, 0.3) is 0 Å². The van der Waals surface area contributed by atoms with Gasteiger partial charge in [-0.3, -0.25) is 0 Å². The van der Waals surface area contributed by atoms with Crippen LogP contribution in [0.2, 0.25) is 0 Å². The summed E-state index contributed by atoms with van der Waals surface area (Å²) in [7, 11) is 0. The summed E-state index contributed by atoms with van der Waals surface area (Å²) in [5.41, 5.74) is 2.30. The van der Waals surface area contributed by atoms with Gasteiger partial charge in [0, 0.05) is 12.0 Å². The zero-order valence-corrected chi connectivity index (χ0v) is 17.1. The van der Waals surface area contributed by atoms with Crippen LogP contribution in [-0.2, 0) is 14.9 Å². The van der Waals surface area contributed by atoms with Gasteiger partial charge in [-0.1, -0.05) is 38.1 Å². The van der Waals surface area contributed by atoms with E-state index in [0.717, 1.165) is 11.5 Å². The molecule has 0 amide bonds. The second-order valence-electron chi connectivity index (χ2n) is 6.90. The molecule has 154 valence electrons. The monoisotopic (exact) mass is 388 g/mol. The highest BCUT2D eigenvalue weighted by Gasteiger charge is 2.23. The van der Waals surface area contributed by atoms with Gasteiger partial charge in [-0.05, 0) is 42.3 Å². The maximum Gasteiger partial charge on any atom is 0.119 e. The lowest BCUT2D eigenvalue weighted by atomic mass is 9.78. The van der Waals surface area contributed by atoms with Crippen molar-refractivity contribution in [2.45, 2.75) is 26.2 Å². The Balaban J connectivity index is 1.92. The molecule has 5 heteroatoms. The number of aliphatic hydroxyl groups is 1. The number of rotatable bonds is 13. The molecule has 0 heterocycles. The number of ether oxygens (including phenoxy) is 4. The maximum atomic E-state index is 8.68. The molecule has 5 nitrogen and oxygen atoms in total. The summed E-state index contributed by atoms with van der Waals surface area (Å²) in [5.74, 6) is 1.66. The zero-order valence-electron chi connectivity index (χ0n) is 17.1. The standard InChI is InChI=1S/C23H32O5/c1-4-25-15-17-27-21-9-5-19(6-10-21)23(2,3)20-7-11-22(12-8-20)28-18-16-26-14-13-24/h5-12,24H,4,13-18H2,1-3H3. The Morgan fingerprint density at radius 3 is 1.57 bits per heavy atom. The van der Waals surface area contributed by atoms with E-state index in [1.54, 1.807) is 0 Å². The molecule has 0 radical (unpaired) electrons. The number of benzene rings is 2. The van der Waals surface area contributed by atoms with Gasteiger partial charge in [0.05, 0.1) is 26.4 Å². The van der Waals surface area contributed by atoms with Crippen LogP contribution in [0.4, 0.5) is 0 Å². The minimum atomic E-state index is -0.132. The summed E-state index contributed by atoms with van der Waals surface area (Å²) in [6.45, 7) is 9.56. The molecular formula is C23H32O5. The van der Waals surface area contributed by atoms with Crippen molar-refractivity contribution in [2.24, 2.45) is 0 Å². The van der Waals surface area contributed by atoms with Crippen molar-refractivity contribution >= 4 is 0 Å². The minimum absolute atomic E-state index is 0.0319. The molecule has 2 rings (SSSR count). The van der Waals surface area contributed by atoms with Gasteiger partial charge < -0.3 is 24.1 Å². The van der Waals surface area contributed by atoms with Crippen LogP contribution >= 0.6 is 0 Å². The lowest BCUT2D eigenvalue weighted by Gasteiger charge is -2.26. The fourth-order valence-corrected chi connectivity index (χ4v) is 2.85. The number of hydrogen-bond donors (Lipinski definition) is 1. The third-order valence-corrected chi connectivity index (χ3v) is 4.58. The van der Waals surface area contributed by atoms with E-state index in [-0.39, 0.29) is 12.0 Å². The highest BCUT2D eigenvalue weighted by Crippen LogP contribution is 2.33. The molecule has 0 aromatic heterocycles. The van der Waals surface area contributed by atoms with Gasteiger partial charge in [-0.2, -0.15) is 0 Å². The SMILES string of the molecule is CCOCCOc1ccc(C(C)(C)c2ccc(OCCOCCO)cc2)cc1. The Kier molecular flexibility index (Phi) is 9.28. The number of aliphatic hydroxyl groups excluding tert-OH is 1. The van der Waals surface area contributed by atoms with E-state index < -0.39 is 0 Å². The molecule has 0 aliphatic heterocycles. The predicted molar refractivity (Wildman–Crippen MR) is 110 cm³/mol. The molecule has 0 spiro atoms. The summed E-state index contributed by atoms with van der Waals surface area (Å²) in [4.78, 5) is 0. The van der Waals surface area contributed by atoms with E-state index in [1.807, 2.05) is 31.2 Å². The Morgan fingerprint density at radius 2 is 1.14 bits per heavy atom. The molecule has 0 saturated carbocycles. The van der Waals surface area contributed by atoms with Crippen molar-refractivity contribution in [1.29, 1.82) is 0 Å². The molecule has 1 N–H and O–H groups in total. The van der Waals surface area contributed by atoms with E-state index in [1.165, 1.54) is 11.1 Å². The smallest absolute Gasteiger partial charge is 0.119 e. The van der Waals surface area contributed by atoms with Crippen molar-refractivity contribution in [3.8, 4) is 11.5 Å². The first-order valence-electron chi connectivity index (χ1n) is 9.81. The van der Waals surface area contributed by atoms with Crippen molar-refractivity contribution in [3.63, 3.8) is 0 Å². The fourth-order valence-electron chi connectivity index (χ4n) is 2.85. The van der Waals surface area contributed by atoms with Crippen molar-refractivity contribution in [1.82, 2.24) is 0 Å². The Hall–Kier alpha value is -2.08. The third-order valence-electron chi connectivity index (χ3n) is 4.58. The van der Waals surface area contributed by atoms with E-state index in [0.29, 0.717) is 39.6 Å². The van der Waals surface area contributed by atoms with Crippen LogP contribution in [0.3, 0.4) is 0 Å². The van der Waals surface area contributed by atoms with Crippen LogP contribution in [0, 0.1) is 0 Å². The van der Waals surface area contributed by atoms with Gasteiger partial charge in [-0.25, -0.2) is 0 Å². The normalized spacial score (nSPS) is 11.4. The lowest BCUT2D eigenvalue weighted by molar-refractivity contribution is 0.0705. The van der Waals surface area contributed by atoms with E-state index in [2.05, 4.69) is 38.1 Å². The summed E-state index contributed by atoms with van der Waals surface area (Å²) < 4.78 is 21.8. The van der Waals surface area contributed by atoms with Gasteiger partial charge in [0.2, 0.25) is 0 Å². The summed E-state index contributed by atoms with van der Waals surface area (Å²) in [6.07, 6.45) is 0. The Morgan fingerprint density at radius 1 is 0.679 bits per heavy atom. The van der Waals surface area contributed by atoms with Crippen LogP contribution in [0.5, 0.6) is 11.5 Å². The van der Waals surface area contributed by atoms with Gasteiger partial charge >= 0.3 is 0 Å². The van der Waals surface area contributed by atoms with E-state index >= 15 is 0 Å². The Bertz CT molecular complexity index is 664. The number of hydrogen-bond acceptors (Lipinski definition) is 5. The average molecular weight is 389 g/mol. The van der Waals surface area contributed by atoms with E-state index in [9.17, 15) is 0 Å². The van der Waals surface area contributed by atoms with Gasteiger partial charge in [-0.15, -0.1) is 0 Å². The molecule has 0 aliphatic rings. The van der Waals surface area contributed by atoms with Crippen molar-refractivity contribution < 1.29 is 24.1 Å². The van der Waals surface area contributed by atoms with Crippen LogP contribution in [0.25, 0.3) is 0 Å². The molecule has 0 bridgehead atoms. The quantitative estimate of drug-likeness (QED) is 0.529. The first-order chi connectivity index (χ1) is 13.6. The highest BCUT2D eigenvalue weighted by molar-refractivity contribution is 5.41. The molecule has 0 atom stereocenters. The highest BCUT2D eigenvalue weighted by atomic mass is 16.5. The summed E-state index contributed by atoms with van der Waals surface area (Å²) >= 11 is 0. The summed E-state index contributed by atoms with van der Waals surface area (Å²) in [6, 6.07) is 16.4. The van der Waals surface area contributed by atoms with Crippen LogP contribution < -0.4 is 9.47 Å². The van der Waals surface area contributed by atoms with Crippen LogP contribution in [0.1, 0.15) is 31.9 Å². The molecule has 0 saturated heterocycles. The van der Waals surface area contributed by atoms with Gasteiger partial charge in [0.1, 0.15) is 24.7 Å². The Labute approximate surface area is 168 Å². The first-order valence-corrected chi connectivity index (χ1v) is 9.81.